The van der Waals surface area contributed by atoms with Crippen LogP contribution in [0.25, 0.3) is 17.0 Å². The Bertz CT molecular complexity index is 1450. The van der Waals surface area contributed by atoms with Gasteiger partial charge in [-0.05, 0) is 37.1 Å². The van der Waals surface area contributed by atoms with Crippen LogP contribution in [-0.4, -0.2) is 24.1 Å². The quantitative estimate of drug-likeness (QED) is 0.360. The van der Waals surface area contributed by atoms with Crippen molar-refractivity contribution in [2.45, 2.75) is 31.3 Å². The Hall–Kier alpha value is -3.65. The van der Waals surface area contributed by atoms with E-state index < -0.39 is 0 Å². The van der Waals surface area contributed by atoms with Gasteiger partial charge in [-0.3, -0.25) is 13.8 Å². The first-order valence-corrected chi connectivity index (χ1v) is 11.2. The van der Waals surface area contributed by atoms with Crippen LogP contribution in [0.5, 0.6) is 0 Å². The number of hydrogen-bond donors (Lipinski definition) is 0. The van der Waals surface area contributed by atoms with E-state index in [9.17, 15) is 4.79 Å². The lowest BCUT2D eigenvalue weighted by Gasteiger charge is -2.10. The molecule has 8 heteroatoms. The van der Waals surface area contributed by atoms with Crippen LogP contribution in [0, 0.1) is 13.8 Å². The van der Waals surface area contributed by atoms with Gasteiger partial charge in [0.25, 0.3) is 5.56 Å². The predicted molar refractivity (Wildman–Crippen MR) is 124 cm³/mol. The van der Waals surface area contributed by atoms with Crippen LogP contribution in [0.3, 0.4) is 0 Å². The first-order valence-electron chi connectivity index (χ1n) is 10.2. The molecule has 0 N–H and O–H groups in total. The highest BCUT2D eigenvalue weighted by molar-refractivity contribution is 7.98. The summed E-state index contributed by atoms with van der Waals surface area (Å²) in [5.74, 6) is 2.06. The predicted octanol–water partition coefficient (Wildman–Crippen LogP) is 4.50. The molecule has 4 aromatic heterocycles. The fourth-order valence-electron chi connectivity index (χ4n) is 3.59. The summed E-state index contributed by atoms with van der Waals surface area (Å²) >= 11 is 1.51. The van der Waals surface area contributed by atoms with Gasteiger partial charge in [0, 0.05) is 18.0 Å². The summed E-state index contributed by atoms with van der Waals surface area (Å²) in [5.41, 5.74) is 4.33. The standard InChI is InChI=1S/C24H21N5O2S/c1-16-8-9-21-25-19(12-22(30)28(21)13-16)15-32-24-27-26-23(20-10-11-31-17(20)2)29(24)14-18-6-4-3-5-7-18/h3-13H,14-15H2,1-2H3. The minimum Gasteiger partial charge on any atom is -0.469 e. The van der Waals surface area contributed by atoms with E-state index in [1.807, 2.05) is 50.2 Å². The molecule has 0 unspecified atom stereocenters. The molecular formula is C24H21N5O2S. The molecule has 0 aliphatic carbocycles. The Balaban J connectivity index is 1.48. The molecule has 5 aromatic rings. The Labute approximate surface area is 188 Å². The van der Waals surface area contributed by atoms with Crippen LogP contribution in [0.2, 0.25) is 0 Å². The van der Waals surface area contributed by atoms with Gasteiger partial charge in [-0.1, -0.05) is 48.2 Å². The van der Waals surface area contributed by atoms with Gasteiger partial charge in [0.2, 0.25) is 0 Å². The number of furan rings is 1. The Kier molecular flexibility index (Phi) is 5.36. The molecule has 0 radical (unpaired) electrons. The Morgan fingerprint density at radius 1 is 1.03 bits per heavy atom. The maximum atomic E-state index is 12.5. The van der Waals surface area contributed by atoms with Crippen molar-refractivity contribution in [2.24, 2.45) is 0 Å². The topological polar surface area (TPSA) is 78.2 Å². The molecule has 0 aliphatic rings. The second-order valence-corrected chi connectivity index (χ2v) is 8.52. The maximum Gasteiger partial charge on any atom is 0.258 e. The first kappa shape index (κ1) is 20.3. The number of nitrogens with zero attached hydrogens (tertiary/aromatic N) is 5. The van der Waals surface area contributed by atoms with Crippen LogP contribution in [-0.2, 0) is 12.3 Å². The van der Waals surface area contributed by atoms with E-state index in [0.717, 1.165) is 33.4 Å². The number of pyridine rings is 1. The number of benzene rings is 1. The molecule has 0 aliphatic heterocycles. The molecule has 0 spiro atoms. The highest BCUT2D eigenvalue weighted by Crippen LogP contribution is 2.29. The Morgan fingerprint density at radius 3 is 2.66 bits per heavy atom. The van der Waals surface area contributed by atoms with E-state index in [4.69, 9.17) is 4.42 Å². The van der Waals surface area contributed by atoms with E-state index >= 15 is 0 Å². The van der Waals surface area contributed by atoms with Crippen molar-refractivity contribution >= 4 is 17.4 Å². The third-order valence-corrected chi connectivity index (χ3v) is 6.21. The van der Waals surface area contributed by atoms with Crippen molar-refractivity contribution in [3.8, 4) is 11.4 Å². The monoisotopic (exact) mass is 443 g/mol. The fraction of sp³-hybridized carbons (Fsp3) is 0.167. The van der Waals surface area contributed by atoms with Crippen molar-refractivity contribution in [3.63, 3.8) is 0 Å². The van der Waals surface area contributed by atoms with Gasteiger partial charge in [-0.15, -0.1) is 10.2 Å². The van der Waals surface area contributed by atoms with Gasteiger partial charge in [-0.25, -0.2) is 4.98 Å². The van der Waals surface area contributed by atoms with Crippen LogP contribution < -0.4 is 5.56 Å². The summed E-state index contributed by atoms with van der Waals surface area (Å²) < 4.78 is 9.14. The number of aryl methyl sites for hydroxylation is 2. The van der Waals surface area contributed by atoms with Crippen LogP contribution in [0.4, 0.5) is 0 Å². The summed E-state index contributed by atoms with van der Waals surface area (Å²) in [4.78, 5) is 17.2. The van der Waals surface area contributed by atoms with E-state index in [1.54, 1.807) is 22.9 Å². The average molecular weight is 444 g/mol. The highest BCUT2D eigenvalue weighted by atomic mass is 32.2. The molecular weight excluding hydrogens is 422 g/mol. The van der Waals surface area contributed by atoms with Crippen LogP contribution in [0.1, 0.15) is 22.6 Å². The lowest BCUT2D eigenvalue weighted by atomic mass is 10.2. The largest absolute Gasteiger partial charge is 0.469 e. The van der Waals surface area contributed by atoms with Crippen LogP contribution >= 0.6 is 11.8 Å². The molecule has 0 amide bonds. The van der Waals surface area contributed by atoms with Crippen molar-refractivity contribution < 1.29 is 4.42 Å². The normalized spacial score (nSPS) is 11.3. The number of hydrogen-bond acceptors (Lipinski definition) is 6. The van der Waals surface area contributed by atoms with E-state index in [1.165, 1.54) is 11.8 Å². The van der Waals surface area contributed by atoms with E-state index in [2.05, 4.69) is 31.9 Å². The molecule has 32 heavy (non-hydrogen) atoms. The molecule has 0 saturated carbocycles. The first-order chi connectivity index (χ1) is 15.6. The third-order valence-electron chi connectivity index (χ3n) is 5.21. The molecule has 0 saturated heterocycles. The van der Waals surface area contributed by atoms with E-state index in [-0.39, 0.29) is 5.56 Å². The van der Waals surface area contributed by atoms with Gasteiger partial charge in [-0.2, -0.15) is 0 Å². The van der Waals surface area contributed by atoms with Gasteiger partial charge in [0.15, 0.2) is 11.0 Å². The average Bonchev–Trinajstić information content (AvgIpc) is 3.39. The molecule has 5 rings (SSSR count). The number of thioether (sulfide) groups is 1. The lowest BCUT2D eigenvalue weighted by molar-refractivity contribution is 0.534. The maximum absolute atomic E-state index is 12.5. The minimum absolute atomic E-state index is 0.0882. The minimum atomic E-state index is -0.0882. The zero-order chi connectivity index (χ0) is 22.1. The number of rotatable bonds is 6. The Morgan fingerprint density at radius 2 is 1.88 bits per heavy atom. The van der Waals surface area contributed by atoms with Crippen molar-refractivity contribution in [1.82, 2.24) is 24.1 Å². The third kappa shape index (κ3) is 3.97. The SMILES string of the molecule is Cc1ccc2nc(CSc3nnc(-c4ccoc4C)n3Cc3ccccc3)cc(=O)n2c1. The second-order valence-electron chi connectivity index (χ2n) is 7.58. The van der Waals surface area contributed by atoms with Crippen molar-refractivity contribution in [3.05, 3.63) is 100.0 Å². The zero-order valence-corrected chi connectivity index (χ0v) is 18.5. The number of aromatic nitrogens is 5. The van der Waals surface area contributed by atoms with Crippen LogP contribution in [0.15, 0.2) is 81.4 Å². The second kappa shape index (κ2) is 8.47. The zero-order valence-electron chi connectivity index (χ0n) is 17.7. The molecule has 4 heterocycles. The van der Waals surface area contributed by atoms with Gasteiger partial charge in [0.1, 0.15) is 11.4 Å². The smallest absolute Gasteiger partial charge is 0.258 e. The summed E-state index contributed by atoms with van der Waals surface area (Å²) in [6, 6.07) is 17.5. The summed E-state index contributed by atoms with van der Waals surface area (Å²) in [5, 5.41) is 9.65. The fourth-order valence-corrected chi connectivity index (χ4v) is 4.42. The molecule has 160 valence electrons. The van der Waals surface area contributed by atoms with Gasteiger partial charge in [0.05, 0.1) is 24.1 Å². The molecule has 0 bridgehead atoms. The molecule has 0 atom stereocenters. The van der Waals surface area contributed by atoms with Gasteiger partial charge >= 0.3 is 0 Å². The number of fused-ring (bicyclic) bond motifs is 1. The summed E-state index contributed by atoms with van der Waals surface area (Å²) in [6.07, 6.45) is 3.46. The summed E-state index contributed by atoms with van der Waals surface area (Å²) in [7, 11) is 0. The molecule has 7 nitrogen and oxygen atoms in total. The molecule has 1 aromatic carbocycles. The van der Waals surface area contributed by atoms with Crippen molar-refractivity contribution in [2.75, 3.05) is 0 Å². The summed E-state index contributed by atoms with van der Waals surface area (Å²) in [6.45, 7) is 4.50. The van der Waals surface area contributed by atoms with E-state index in [0.29, 0.717) is 23.6 Å². The molecule has 0 fully saturated rings. The highest BCUT2D eigenvalue weighted by Gasteiger charge is 2.18. The van der Waals surface area contributed by atoms with Crippen molar-refractivity contribution in [1.29, 1.82) is 0 Å². The lowest BCUT2D eigenvalue weighted by Crippen LogP contribution is -2.15. The van der Waals surface area contributed by atoms with Gasteiger partial charge < -0.3 is 4.42 Å².